The molecule has 100 valence electrons. The summed E-state index contributed by atoms with van der Waals surface area (Å²) in [7, 11) is 3.92. The first-order valence-corrected chi connectivity index (χ1v) is 5.61. The van der Waals surface area contributed by atoms with Gasteiger partial charge in [-0.25, -0.2) is 9.78 Å². The third-order valence-corrected chi connectivity index (χ3v) is 2.95. The van der Waals surface area contributed by atoms with E-state index in [0.717, 1.165) is 0 Å². The number of aromatic carboxylic acids is 1. The van der Waals surface area contributed by atoms with Gasteiger partial charge in [0, 0.05) is 11.7 Å². The summed E-state index contributed by atoms with van der Waals surface area (Å²) in [5.41, 5.74) is 0.340. The molecule has 0 bridgehead atoms. The highest BCUT2D eigenvalue weighted by Gasteiger charge is 2.22. The van der Waals surface area contributed by atoms with Gasteiger partial charge in [0.2, 0.25) is 0 Å². The molecule has 6 nitrogen and oxygen atoms in total. The van der Waals surface area contributed by atoms with Crippen LogP contribution in [0.5, 0.6) is 6.01 Å². The highest BCUT2D eigenvalue weighted by atomic mass is 16.5. The molecular formula is C12H19N3O3. The molecule has 0 aliphatic heterocycles. The molecule has 0 aliphatic carbocycles. The van der Waals surface area contributed by atoms with Crippen LogP contribution in [0.2, 0.25) is 0 Å². The van der Waals surface area contributed by atoms with Gasteiger partial charge in [-0.15, -0.1) is 0 Å². The van der Waals surface area contributed by atoms with Crippen LogP contribution < -0.4 is 4.74 Å². The van der Waals surface area contributed by atoms with E-state index in [1.54, 1.807) is 6.92 Å². The van der Waals surface area contributed by atoms with Crippen LogP contribution in [0.3, 0.4) is 0 Å². The van der Waals surface area contributed by atoms with E-state index in [2.05, 4.69) is 9.97 Å². The second-order valence-corrected chi connectivity index (χ2v) is 4.95. The van der Waals surface area contributed by atoms with Gasteiger partial charge in [0.15, 0.2) is 0 Å². The third-order valence-electron chi connectivity index (χ3n) is 2.95. The highest BCUT2D eigenvalue weighted by Crippen LogP contribution is 2.13. The van der Waals surface area contributed by atoms with Crippen molar-refractivity contribution in [3.05, 3.63) is 17.5 Å². The van der Waals surface area contributed by atoms with Crippen LogP contribution in [0, 0.1) is 6.92 Å². The Bertz CT molecular complexity index is 444. The van der Waals surface area contributed by atoms with Gasteiger partial charge in [-0.05, 0) is 34.9 Å². The van der Waals surface area contributed by atoms with Gasteiger partial charge < -0.3 is 14.7 Å². The lowest BCUT2D eigenvalue weighted by molar-refractivity contribution is 0.0694. The van der Waals surface area contributed by atoms with Crippen LogP contribution in [0.4, 0.5) is 0 Å². The molecule has 18 heavy (non-hydrogen) atoms. The van der Waals surface area contributed by atoms with Gasteiger partial charge in [0.25, 0.3) is 0 Å². The standard InChI is InChI=1S/C12H19N3O3/c1-8-9(10(16)17)6-13-11(14-8)18-7-12(2,3)15(4)5/h6H,7H2,1-5H3,(H,16,17). The van der Waals surface area contributed by atoms with Gasteiger partial charge in [-0.2, -0.15) is 4.98 Å². The lowest BCUT2D eigenvalue weighted by atomic mass is 10.1. The zero-order valence-corrected chi connectivity index (χ0v) is 11.4. The Labute approximate surface area is 107 Å². The minimum absolute atomic E-state index is 0.0919. The number of aromatic nitrogens is 2. The summed E-state index contributed by atoms with van der Waals surface area (Å²) in [5.74, 6) is -1.03. The Hall–Kier alpha value is -1.69. The van der Waals surface area contributed by atoms with Crippen LogP contribution in [0.1, 0.15) is 29.9 Å². The smallest absolute Gasteiger partial charge is 0.339 e. The first-order valence-electron chi connectivity index (χ1n) is 5.61. The summed E-state index contributed by atoms with van der Waals surface area (Å²) in [5, 5.41) is 8.86. The fourth-order valence-electron chi connectivity index (χ4n) is 1.10. The average Bonchev–Trinajstić information content (AvgIpc) is 2.25. The zero-order chi connectivity index (χ0) is 13.9. The SMILES string of the molecule is Cc1nc(OCC(C)(C)N(C)C)ncc1C(=O)O. The van der Waals surface area contributed by atoms with Crippen molar-refractivity contribution in [3.63, 3.8) is 0 Å². The second-order valence-electron chi connectivity index (χ2n) is 4.95. The molecule has 0 fully saturated rings. The maximum Gasteiger partial charge on any atom is 0.339 e. The lowest BCUT2D eigenvalue weighted by Crippen LogP contribution is -2.43. The van der Waals surface area contributed by atoms with E-state index in [1.165, 1.54) is 6.20 Å². The number of rotatable bonds is 5. The first kappa shape index (κ1) is 14.4. The third kappa shape index (κ3) is 3.40. The second kappa shape index (κ2) is 5.30. The molecule has 1 heterocycles. The van der Waals surface area contributed by atoms with Crippen molar-refractivity contribution in [1.82, 2.24) is 14.9 Å². The van der Waals surface area contributed by atoms with Crippen molar-refractivity contribution in [1.29, 1.82) is 0 Å². The summed E-state index contributed by atoms with van der Waals surface area (Å²) in [6.45, 7) is 6.11. The predicted octanol–water partition coefficient (Wildman–Crippen LogP) is 1.20. The van der Waals surface area contributed by atoms with E-state index in [0.29, 0.717) is 12.3 Å². The van der Waals surface area contributed by atoms with E-state index in [4.69, 9.17) is 9.84 Å². The molecule has 0 saturated heterocycles. The molecule has 1 rings (SSSR count). The normalized spacial score (nSPS) is 11.7. The molecule has 0 aliphatic rings. The Kier molecular flexibility index (Phi) is 4.24. The molecule has 0 atom stereocenters. The quantitative estimate of drug-likeness (QED) is 0.849. The maximum absolute atomic E-state index is 10.8. The topological polar surface area (TPSA) is 75.5 Å². The summed E-state index contributed by atoms with van der Waals surface area (Å²) in [6, 6.07) is 0.201. The Morgan fingerprint density at radius 3 is 2.56 bits per heavy atom. The Morgan fingerprint density at radius 1 is 1.50 bits per heavy atom. The molecule has 1 aromatic heterocycles. The number of likely N-dealkylation sites (N-methyl/N-ethyl adjacent to an activating group) is 1. The van der Waals surface area contributed by atoms with Crippen molar-refractivity contribution in [2.45, 2.75) is 26.3 Å². The van der Waals surface area contributed by atoms with Crippen LogP contribution in [-0.4, -0.2) is 52.2 Å². The minimum Gasteiger partial charge on any atom is -0.478 e. The summed E-state index contributed by atoms with van der Waals surface area (Å²) >= 11 is 0. The van der Waals surface area contributed by atoms with Gasteiger partial charge in [-0.1, -0.05) is 0 Å². The number of hydrogen-bond donors (Lipinski definition) is 1. The van der Waals surface area contributed by atoms with Gasteiger partial charge >= 0.3 is 12.0 Å². The fraction of sp³-hybridized carbons (Fsp3) is 0.583. The molecule has 0 unspecified atom stereocenters. The number of nitrogens with zero attached hydrogens (tertiary/aromatic N) is 3. The van der Waals surface area contributed by atoms with E-state index in [-0.39, 0.29) is 17.1 Å². The van der Waals surface area contributed by atoms with Gasteiger partial charge in [0.1, 0.15) is 6.61 Å². The number of carbonyl (C=O) groups is 1. The highest BCUT2D eigenvalue weighted by molar-refractivity contribution is 5.88. The lowest BCUT2D eigenvalue weighted by Gasteiger charge is -2.31. The molecule has 6 heteroatoms. The number of carboxylic acids is 1. The van der Waals surface area contributed by atoms with Crippen LogP contribution in [0.25, 0.3) is 0 Å². The summed E-state index contributed by atoms with van der Waals surface area (Å²) in [6.07, 6.45) is 1.27. The zero-order valence-electron chi connectivity index (χ0n) is 11.4. The minimum atomic E-state index is -1.03. The van der Waals surface area contributed by atoms with E-state index in [9.17, 15) is 4.79 Å². The molecule has 0 spiro atoms. The van der Waals surface area contributed by atoms with Crippen molar-refractivity contribution in [2.24, 2.45) is 0 Å². The molecule has 1 aromatic rings. The van der Waals surface area contributed by atoms with E-state index >= 15 is 0 Å². The van der Waals surface area contributed by atoms with E-state index < -0.39 is 5.97 Å². The van der Waals surface area contributed by atoms with Gasteiger partial charge in [0.05, 0.1) is 11.3 Å². The van der Waals surface area contributed by atoms with Crippen molar-refractivity contribution >= 4 is 5.97 Å². The first-order chi connectivity index (χ1) is 8.24. The molecule has 1 N–H and O–H groups in total. The van der Waals surface area contributed by atoms with Crippen LogP contribution in [-0.2, 0) is 0 Å². The van der Waals surface area contributed by atoms with Crippen LogP contribution >= 0.6 is 0 Å². The number of ether oxygens (including phenoxy) is 1. The fourth-order valence-corrected chi connectivity index (χ4v) is 1.10. The average molecular weight is 253 g/mol. The molecule has 0 aromatic carbocycles. The molecule has 0 amide bonds. The molecule has 0 saturated carbocycles. The van der Waals surface area contributed by atoms with Gasteiger partial charge in [-0.3, -0.25) is 0 Å². The maximum atomic E-state index is 10.8. The molecule has 0 radical (unpaired) electrons. The number of hydrogen-bond acceptors (Lipinski definition) is 5. The largest absolute Gasteiger partial charge is 0.478 e. The van der Waals surface area contributed by atoms with Crippen molar-refractivity contribution in [2.75, 3.05) is 20.7 Å². The van der Waals surface area contributed by atoms with Crippen LogP contribution in [0.15, 0.2) is 6.20 Å². The van der Waals surface area contributed by atoms with Crippen molar-refractivity contribution in [3.8, 4) is 6.01 Å². The Balaban J connectivity index is 2.76. The van der Waals surface area contributed by atoms with E-state index in [1.807, 2.05) is 32.8 Å². The summed E-state index contributed by atoms with van der Waals surface area (Å²) < 4.78 is 5.49. The predicted molar refractivity (Wildman–Crippen MR) is 67.0 cm³/mol. The molecular weight excluding hydrogens is 234 g/mol. The van der Waals surface area contributed by atoms with Crippen molar-refractivity contribution < 1.29 is 14.6 Å². The summed E-state index contributed by atoms with van der Waals surface area (Å²) in [4.78, 5) is 20.8. The number of aryl methyl sites for hydroxylation is 1. The Morgan fingerprint density at radius 2 is 2.11 bits per heavy atom. The number of carboxylic acid groups (broad SMARTS) is 1. The monoisotopic (exact) mass is 253 g/mol.